The van der Waals surface area contributed by atoms with Crippen molar-refractivity contribution in [2.45, 2.75) is 45.8 Å². The highest BCUT2D eigenvalue weighted by atomic mass is 19.1. The van der Waals surface area contributed by atoms with Crippen LogP contribution in [0.1, 0.15) is 45.7 Å². The molecule has 0 aliphatic carbocycles. The van der Waals surface area contributed by atoms with Gasteiger partial charge < -0.3 is 10.1 Å². The van der Waals surface area contributed by atoms with Gasteiger partial charge in [0.05, 0.1) is 6.54 Å². The zero-order valence-corrected chi connectivity index (χ0v) is 12.0. The predicted octanol–water partition coefficient (Wildman–Crippen LogP) is 3.21. The quantitative estimate of drug-likeness (QED) is 0.832. The van der Waals surface area contributed by atoms with Crippen LogP contribution in [0.2, 0.25) is 0 Å². The van der Waals surface area contributed by atoms with Crippen LogP contribution in [-0.4, -0.2) is 18.1 Å². The van der Waals surface area contributed by atoms with Gasteiger partial charge in [0.25, 0.3) is 0 Å². The zero-order chi connectivity index (χ0) is 14.5. The molecule has 0 bridgehead atoms. The van der Waals surface area contributed by atoms with Gasteiger partial charge in [-0.25, -0.2) is 4.39 Å². The average molecular weight is 267 g/mol. The molecule has 1 rings (SSSR count). The topological polar surface area (TPSA) is 38.3 Å². The first kappa shape index (κ1) is 15.6. The Labute approximate surface area is 114 Å². The molecule has 1 N–H and O–H groups in total. The summed E-state index contributed by atoms with van der Waals surface area (Å²) >= 11 is 0. The van der Waals surface area contributed by atoms with Crippen molar-refractivity contribution in [3.05, 3.63) is 35.6 Å². The number of nitrogens with one attached hydrogen (secondary N) is 1. The van der Waals surface area contributed by atoms with Crippen LogP contribution in [0, 0.1) is 5.82 Å². The Kier molecular flexibility index (Phi) is 5.48. The summed E-state index contributed by atoms with van der Waals surface area (Å²) < 4.78 is 18.1. The van der Waals surface area contributed by atoms with Crippen LogP contribution in [0.3, 0.4) is 0 Å². The number of ether oxygens (including phenoxy) is 1. The molecule has 0 fully saturated rings. The van der Waals surface area contributed by atoms with Crippen LogP contribution >= 0.6 is 0 Å². The number of hydrogen-bond acceptors (Lipinski definition) is 3. The van der Waals surface area contributed by atoms with Gasteiger partial charge in [-0.1, -0.05) is 19.1 Å². The Morgan fingerprint density at radius 1 is 1.32 bits per heavy atom. The van der Waals surface area contributed by atoms with E-state index >= 15 is 0 Å². The number of halogens is 1. The predicted molar refractivity (Wildman–Crippen MR) is 73.3 cm³/mol. The molecule has 19 heavy (non-hydrogen) atoms. The van der Waals surface area contributed by atoms with Crippen LogP contribution in [0.5, 0.6) is 0 Å². The van der Waals surface area contributed by atoms with Crippen molar-refractivity contribution in [2.75, 3.05) is 6.54 Å². The van der Waals surface area contributed by atoms with E-state index in [0.717, 1.165) is 12.0 Å². The van der Waals surface area contributed by atoms with Crippen molar-refractivity contribution in [1.82, 2.24) is 5.32 Å². The van der Waals surface area contributed by atoms with Crippen molar-refractivity contribution >= 4 is 5.97 Å². The summed E-state index contributed by atoms with van der Waals surface area (Å²) in [6.07, 6.45) is 0.814. The fraction of sp³-hybridized carbons (Fsp3) is 0.533. The summed E-state index contributed by atoms with van der Waals surface area (Å²) in [4.78, 5) is 11.6. The maximum absolute atomic E-state index is 12.9. The summed E-state index contributed by atoms with van der Waals surface area (Å²) in [6, 6.07) is 6.32. The van der Waals surface area contributed by atoms with E-state index in [1.165, 1.54) is 12.1 Å². The molecule has 1 aromatic rings. The summed E-state index contributed by atoms with van der Waals surface area (Å²) in [5, 5.41) is 3.13. The van der Waals surface area contributed by atoms with Gasteiger partial charge in [-0.3, -0.25) is 4.79 Å². The smallest absolute Gasteiger partial charge is 0.320 e. The molecule has 3 nitrogen and oxygen atoms in total. The molecule has 0 saturated carbocycles. The van der Waals surface area contributed by atoms with Gasteiger partial charge >= 0.3 is 5.97 Å². The largest absolute Gasteiger partial charge is 0.459 e. The highest BCUT2D eigenvalue weighted by molar-refractivity contribution is 5.72. The molecule has 4 heteroatoms. The standard InChI is InChI=1S/C15H22FNO2/c1-5-13(11-6-8-12(16)9-7-11)17-10-14(18)19-15(2,3)4/h6-9,13,17H,5,10H2,1-4H3. The van der Waals surface area contributed by atoms with Crippen molar-refractivity contribution < 1.29 is 13.9 Å². The van der Waals surface area contributed by atoms with Crippen molar-refractivity contribution in [3.63, 3.8) is 0 Å². The minimum absolute atomic E-state index is 0.0214. The number of esters is 1. The lowest BCUT2D eigenvalue weighted by Crippen LogP contribution is -2.33. The second-order valence-corrected chi connectivity index (χ2v) is 5.48. The molecule has 0 spiro atoms. The Hall–Kier alpha value is -1.42. The molecule has 0 aliphatic rings. The Bertz CT molecular complexity index is 409. The molecule has 0 saturated heterocycles. The van der Waals surface area contributed by atoms with Gasteiger partial charge in [0.2, 0.25) is 0 Å². The molecule has 0 aromatic heterocycles. The summed E-state index contributed by atoms with van der Waals surface area (Å²) in [6.45, 7) is 7.66. The fourth-order valence-corrected chi connectivity index (χ4v) is 1.78. The van der Waals surface area contributed by atoms with Crippen LogP contribution in [-0.2, 0) is 9.53 Å². The second-order valence-electron chi connectivity index (χ2n) is 5.48. The molecular weight excluding hydrogens is 245 g/mol. The average Bonchev–Trinajstić information content (AvgIpc) is 2.29. The van der Waals surface area contributed by atoms with E-state index in [0.29, 0.717) is 0 Å². The Morgan fingerprint density at radius 2 is 1.89 bits per heavy atom. The summed E-state index contributed by atoms with van der Waals surface area (Å²) in [7, 11) is 0. The lowest BCUT2D eigenvalue weighted by Gasteiger charge is -2.21. The van der Waals surface area contributed by atoms with E-state index < -0.39 is 5.60 Å². The first-order chi connectivity index (χ1) is 8.81. The van der Waals surface area contributed by atoms with E-state index in [2.05, 4.69) is 5.32 Å². The number of benzene rings is 1. The lowest BCUT2D eigenvalue weighted by molar-refractivity contribution is -0.153. The number of carbonyl (C=O) groups is 1. The fourth-order valence-electron chi connectivity index (χ4n) is 1.78. The van der Waals surface area contributed by atoms with E-state index in [-0.39, 0.29) is 24.4 Å². The van der Waals surface area contributed by atoms with Crippen molar-refractivity contribution in [3.8, 4) is 0 Å². The molecule has 0 heterocycles. The third kappa shape index (κ3) is 5.83. The highest BCUT2D eigenvalue weighted by Gasteiger charge is 2.17. The molecular formula is C15H22FNO2. The van der Waals surface area contributed by atoms with E-state index in [1.807, 2.05) is 27.7 Å². The number of rotatable bonds is 5. The van der Waals surface area contributed by atoms with Crippen LogP contribution < -0.4 is 5.32 Å². The van der Waals surface area contributed by atoms with E-state index in [1.54, 1.807) is 12.1 Å². The maximum Gasteiger partial charge on any atom is 0.320 e. The van der Waals surface area contributed by atoms with Crippen molar-refractivity contribution in [2.24, 2.45) is 0 Å². The zero-order valence-electron chi connectivity index (χ0n) is 12.0. The van der Waals surface area contributed by atoms with Gasteiger partial charge in [0.15, 0.2) is 0 Å². The number of carbonyl (C=O) groups excluding carboxylic acids is 1. The normalized spacial score (nSPS) is 13.1. The molecule has 1 aromatic carbocycles. The molecule has 106 valence electrons. The van der Waals surface area contributed by atoms with Crippen LogP contribution in [0.15, 0.2) is 24.3 Å². The van der Waals surface area contributed by atoms with Crippen LogP contribution in [0.4, 0.5) is 4.39 Å². The molecule has 0 amide bonds. The third-order valence-electron chi connectivity index (χ3n) is 2.59. The van der Waals surface area contributed by atoms with Crippen LogP contribution in [0.25, 0.3) is 0 Å². The van der Waals surface area contributed by atoms with E-state index in [4.69, 9.17) is 4.74 Å². The molecule has 0 radical (unpaired) electrons. The highest BCUT2D eigenvalue weighted by Crippen LogP contribution is 2.17. The third-order valence-corrected chi connectivity index (χ3v) is 2.59. The minimum atomic E-state index is -0.476. The molecule has 1 atom stereocenters. The Morgan fingerprint density at radius 3 is 2.37 bits per heavy atom. The number of hydrogen-bond donors (Lipinski definition) is 1. The van der Waals surface area contributed by atoms with Gasteiger partial charge in [-0.15, -0.1) is 0 Å². The molecule has 0 aliphatic heterocycles. The monoisotopic (exact) mass is 267 g/mol. The van der Waals surface area contributed by atoms with Gasteiger partial charge in [0, 0.05) is 6.04 Å². The van der Waals surface area contributed by atoms with E-state index in [9.17, 15) is 9.18 Å². The van der Waals surface area contributed by atoms with Gasteiger partial charge in [-0.2, -0.15) is 0 Å². The summed E-state index contributed by atoms with van der Waals surface area (Å²) in [5.74, 6) is -0.543. The minimum Gasteiger partial charge on any atom is -0.459 e. The Balaban J connectivity index is 2.54. The van der Waals surface area contributed by atoms with Crippen molar-refractivity contribution in [1.29, 1.82) is 0 Å². The second kappa shape index (κ2) is 6.66. The maximum atomic E-state index is 12.9. The summed E-state index contributed by atoms with van der Waals surface area (Å²) in [5.41, 5.74) is 0.489. The first-order valence-corrected chi connectivity index (χ1v) is 6.52. The first-order valence-electron chi connectivity index (χ1n) is 6.52. The lowest BCUT2D eigenvalue weighted by atomic mass is 10.0. The SMILES string of the molecule is CCC(NCC(=O)OC(C)(C)C)c1ccc(F)cc1. The van der Waals surface area contributed by atoms with Gasteiger partial charge in [0.1, 0.15) is 11.4 Å². The van der Waals surface area contributed by atoms with Gasteiger partial charge in [-0.05, 0) is 44.9 Å². The molecule has 1 unspecified atom stereocenters.